The largest absolute Gasteiger partial charge is 0.361 e. The molecule has 0 bridgehead atoms. The number of carbonyl (C=O) groups is 3. The Hall–Kier alpha value is -3.61. The molecule has 0 saturated heterocycles. The highest BCUT2D eigenvalue weighted by molar-refractivity contribution is 5.92. The summed E-state index contributed by atoms with van der Waals surface area (Å²) in [5, 5.41) is 9.70. The van der Waals surface area contributed by atoms with Gasteiger partial charge in [0.1, 0.15) is 6.04 Å². The van der Waals surface area contributed by atoms with E-state index in [1.807, 2.05) is 68.6 Å². The summed E-state index contributed by atoms with van der Waals surface area (Å²) < 4.78 is 0. The molecule has 7 nitrogen and oxygen atoms in total. The lowest BCUT2D eigenvalue weighted by atomic mass is 10.0. The average molecular weight is 449 g/mol. The highest BCUT2D eigenvalue weighted by Gasteiger charge is 2.23. The summed E-state index contributed by atoms with van der Waals surface area (Å²) in [4.78, 5) is 40.4. The van der Waals surface area contributed by atoms with Crippen molar-refractivity contribution in [3.05, 3.63) is 65.9 Å². The van der Waals surface area contributed by atoms with E-state index in [1.165, 1.54) is 0 Å². The van der Waals surface area contributed by atoms with Crippen LogP contribution in [0.25, 0.3) is 10.9 Å². The van der Waals surface area contributed by atoms with Gasteiger partial charge in [-0.05, 0) is 29.3 Å². The second-order valence-electron chi connectivity index (χ2n) is 8.84. The third-order valence-corrected chi connectivity index (χ3v) is 5.47. The van der Waals surface area contributed by atoms with Crippen LogP contribution in [0.4, 0.5) is 5.69 Å². The lowest BCUT2D eigenvalue weighted by molar-refractivity contribution is -0.130. The first kappa shape index (κ1) is 24.0. The van der Waals surface area contributed by atoms with Crippen molar-refractivity contribution in [2.45, 2.75) is 46.7 Å². The maximum Gasteiger partial charge on any atom is 0.243 e. The SMILES string of the molecule is CC(C)C(=O)Nc1ccc(CNC(=O)C(Cc2c[nH]c3ccccc23)NC(=O)C(C)C)cc1. The third-order valence-electron chi connectivity index (χ3n) is 5.47. The molecule has 4 N–H and O–H groups in total. The molecule has 7 heteroatoms. The number of para-hydroxylation sites is 1. The molecule has 174 valence electrons. The Morgan fingerprint density at radius 2 is 1.52 bits per heavy atom. The zero-order chi connectivity index (χ0) is 24.0. The molecule has 0 spiro atoms. The van der Waals surface area contributed by atoms with Crippen LogP contribution in [0, 0.1) is 11.8 Å². The van der Waals surface area contributed by atoms with Gasteiger partial charge in [0, 0.05) is 47.6 Å². The van der Waals surface area contributed by atoms with Gasteiger partial charge < -0.3 is 20.9 Å². The van der Waals surface area contributed by atoms with Gasteiger partial charge in [0.2, 0.25) is 17.7 Å². The number of H-pyrrole nitrogens is 1. The van der Waals surface area contributed by atoms with E-state index < -0.39 is 6.04 Å². The van der Waals surface area contributed by atoms with Crippen LogP contribution >= 0.6 is 0 Å². The van der Waals surface area contributed by atoms with Gasteiger partial charge in [-0.25, -0.2) is 0 Å². The van der Waals surface area contributed by atoms with Crippen molar-refractivity contribution in [3.63, 3.8) is 0 Å². The highest BCUT2D eigenvalue weighted by atomic mass is 16.2. The normalized spacial score (nSPS) is 12.1. The van der Waals surface area contributed by atoms with E-state index in [1.54, 1.807) is 13.8 Å². The predicted molar refractivity (Wildman–Crippen MR) is 131 cm³/mol. The molecule has 3 rings (SSSR count). The Morgan fingerprint density at radius 3 is 2.18 bits per heavy atom. The molecule has 0 aliphatic carbocycles. The molecule has 0 saturated carbocycles. The van der Waals surface area contributed by atoms with E-state index >= 15 is 0 Å². The number of fused-ring (bicyclic) bond motifs is 1. The average Bonchev–Trinajstić information content (AvgIpc) is 3.20. The topological polar surface area (TPSA) is 103 Å². The Kier molecular flexibility index (Phi) is 7.87. The lowest BCUT2D eigenvalue weighted by Crippen LogP contribution is -2.48. The fourth-order valence-electron chi connectivity index (χ4n) is 3.37. The highest BCUT2D eigenvalue weighted by Crippen LogP contribution is 2.19. The van der Waals surface area contributed by atoms with Crippen LogP contribution in [0.2, 0.25) is 0 Å². The monoisotopic (exact) mass is 448 g/mol. The first-order valence-electron chi connectivity index (χ1n) is 11.3. The van der Waals surface area contributed by atoms with Gasteiger partial charge >= 0.3 is 0 Å². The quantitative estimate of drug-likeness (QED) is 0.401. The molecule has 1 heterocycles. The van der Waals surface area contributed by atoms with Crippen LogP contribution in [0.5, 0.6) is 0 Å². The zero-order valence-electron chi connectivity index (χ0n) is 19.6. The Bertz CT molecular complexity index is 1120. The molecular formula is C26H32N4O3. The number of benzene rings is 2. The fraction of sp³-hybridized carbons (Fsp3) is 0.346. The molecule has 0 aliphatic heterocycles. The Balaban J connectivity index is 1.67. The van der Waals surface area contributed by atoms with E-state index in [0.717, 1.165) is 22.0 Å². The first-order valence-corrected chi connectivity index (χ1v) is 11.3. The second kappa shape index (κ2) is 10.8. The molecule has 3 aromatic rings. The molecule has 0 fully saturated rings. The van der Waals surface area contributed by atoms with Gasteiger partial charge in [-0.15, -0.1) is 0 Å². The number of rotatable bonds is 9. The summed E-state index contributed by atoms with van der Waals surface area (Å²) >= 11 is 0. The number of aromatic nitrogens is 1. The van der Waals surface area contributed by atoms with Crippen LogP contribution in [0.15, 0.2) is 54.7 Å². The van der Waals surface area contributed by atoms with Crippen molar-refractivity contribution >= 4 is 34.3 Å². The smallest absolute Gasteiger partial charge is 0.243 e. The first-order chi connectivity index (χ1) is 15.7. The number of nitrogens with one attached hydrogen (secondary N) is 4. The van der Waals surface area contributed by atoms with Gasteiger partial charge in [0.15, 0.2) is 0 Å². The number of anilines is 1. The summed E-state index contributed by atoms with van der Waals surface area (Å²) in [6.07, 6.45) is 2.27. The van der Waals surface area contributed by atoms with Crippen molar-refractivity contribution in [3.8, 4) is 0 Å². The lowest BCUT2D eigenvalue weighted by Gasteiger charge is -2.20. The second-order valence-corrected chi connectivity index (χ2v) is 8.84. The van der Waals surface area contributed by atoms with E-state index in [-0.39, 0.29) is 29.6 Å². The fourth-order valence-corrected chi connectivity index (χ4v) is 3.37. The third kappa shape index (κ3) is 6.44. The molecule has 1 unspecified atom stereocenters. The van der Waals surface area contributed by atoms with Gasteiger partial charge in [0.05, 0.1) is 0 Å². The molecule has 2 aromatic carbocycles. The summed E-state index contributed by atoms with van der Waals surface area (Å²) in [7, 11) is 0. The van der Waals surface area contributed by atoms with Gasteiger partial charge in [-0.1, -0.05) is 58.0 Å². The molecule has 33 heavy (non-hydrogen) atoms. The Morgan fingerprint density at radius 1 is 0.848 bits per heavy atom. The molecular weight excluding hydrogens is 416 g/mol. The maximum absolute atomic E-state index is 13.0. The van der Waals surface area contributed by atoms with Crippen LogP contribution in [-0.4, -0.2) is 28.7 Å². The van der Waals surface area contributed by atoms with Crippen LogP contribution in [0.3, 0.4) is 0 Å². The maximum atomic E-state index is 13.0. The number of carbonyl (C=O) groups excluding carboxylic acids is 3. The molecule has 1 atom stereocenters. The van der Waals surface area contributed by atoms with E-state index in [9.17, 15) is 14.4 Å². The van der Waals surface area contributed by atoms with E-state index in [2.05, 4.69) is 20.9 Å². The van der Waals surface area contributed by atoms with Crippen molar-refractivity contribution < 1.29 is 14.4 Å². The minimum Gasteiger partial charge on any atom is -0.361 e. The summed E-state index contributed by atoms with van der Waals surface area (Å²) in [5.74, 6) is -0.778. The van der Waals surface area contributed by atoms with Crippen LogP contribution in [-0.2, 0) is 27.3 Å². The number of aromatic amines is 1. The molecule has 3 amide bonds. The van der Waals surface area contributed by atoms with Gasteiger partial charge in [0.25, 0.3) is 0 Å². The van der Waals surface area contributed by atoms with Crippen LogP contribution < -0.4 is 16.0 Å². The minimum absolute atomic E-state index is 0.0444. The summed E-state index contributed by atoms with van der Waals surface area (Å²) in [6, 6.07) is 14.5. The van der Waals surface area contributed by atoms with Crippen LogP contribution in [0.1, 0.15) is 38.8 Å². The predicted octanol–water partition coefficient (Wildman–Crippen LogP) is 3.76. The van der Waals surface area contributed by atoms with Crippen molar-refractivity contribution in [2.75, 3.05) is 5.32 Å². The summed E-state index contributed by atoms with van der Waals surface area (Å²) in [5.41, 5.74) is 3.57. The number of hydrogen-bond donors (Lipinski definition) is 4. The zero-order valence-corrected chi connectivity index (χ0v) is 19.6. The minimum atomic E-state index is -0.691. The number of hydrogen-bond acceptors (Lipinski definition) is 3. The van der Waals surface area contributed by atoms with E-state index in [0.29, 0.717) is 18.7 Å². The van der Waals surface area contributed by atoms with E-state index in [4.69, 9.17) is 0 Å². The number of amides is 3. The van der Waals surface area contributed by atoms with Gasteiger partial charge in [-0.3, -0.25) is 14.4 Å². The molecule has 0 radical (unpaired) electrons. The van der Waals surface area contributed by atoms with Crippen molar-refractivity contribution in [1.82, 2.24) is 15.6 Å². The Labute approximate surface area is 194 Å². The van der Waals surface area contributed by atoms with Crippen molar-refractivity contribution in [2.24, 2.45) is 11.8 Å². The van der Waals surface area contributed by atoms with Gasteiger partial charge in [-0.2, -0.15) is 0 Å². The molecule has 0 aliphatic rings. The van der Waals surface area contributed by atoms with Crippen molar-refractivity contribution in [1.29, 1.82) is 0 Å². The standard InChI is InChI=1S/C26H32N4O3/c1-16(2)24(31)29-20-11-9-18(10-12-20)14-28-26(33)23(30-25(32)17(3)4)13-19-15-27-22-8-6-5-7-21(19)22/h5-12,15-17,23,27H,13-14H2,1-4H3,(H,28,33)(H,29,31)(H,30,32). The summed E-state index contributed by atoms with van der Waals surface area (Å²) in [6.45, 7) is 7.60. The molecule has 1 aromatic heterocycles.